The Morgan fingerprint density at radius 2 is 1.97 bits per heavy atom. The molecule has 0 amide bonds. The molecule has 0 radical (unpaired) electrons. The Morgan fingerprint density at radius 1 is 1.28 bits per heavy atom. The maximum Gasteiger partial charge on any atom is 0.503 e. The number of rotatable bonds is 5. The molecule has 0 aliphatic heterocycles. The Hall–Kier alpha value is -2.98. The van der Waals surface area contributed by atoms with E-state index < -0.39 is 6.16 Å². The van der Waals surface area contributed by atoms with Gasteiger partial charge in [0, 0.05) is 29.5 Å². The summed E-state index contributed by atoms with van der Waals surface area (Å²) >= 11 is 8.12. The lowest BCUT2D eigenvalue weighted by Gasteiger charge is -2.21. The maximum atomic E-state index is 11.0. The Balaban J connectivity index is 0.000000668. The van der Waals surface area contributed by atoms with Gasteiger partial charge in [0.25, 0.3) is 5.69 Å². The van der Waals surface area contributed by atoms with Crippen LogP contribution in [0.3, 0.4) is 0 Å². The number of carbonyl (C=O) groups is 1. The minimum absolute atomic E-state index is 0.0828. The Bertz CT molecular complexity index is 1130. The minimum Gasteiger partial charge on any atom is -0.450 e. The number of halogens is 1. The maximum absolute atomic E-state index is 11.0. The highest BCUT2D eigenvalue weighted by atomic mass is 35.5. The molecule has 1 aliphatic carbocycles. The van der Waals surface area contributed by atoms with Crippen molar-refractivity contribution in [3.63, 3.8) is 0 Å². The third-order valence-electron chi connectivity index (χ3n) is 5.22. The summed E-state index contributed by atoms with van der Waals surface area (Å²) in [6.45, 7) is 2.42. The van der Waals surface area contributed by atoms with E-state index in [-0.39, 0.29) is 10.6 Å². The molecule has 3 aromatic rings. The molecule has 1 aromatic carbocycles. The third-order valence-corrected chi connectivity index (χ3v) is 6.81. The summed E-state index contributed by atoms with van der Waals surface area (Å²) in [5.41, 5.74) is 0.905. The van der Waals surface area contributed by atoms with E-state index in [1.54, 1.807) is 23.5 Å². The second-order valence-corrected chi connectivity index (χ2v) is 9.06. The van der Waals surface area contributed by atoms with Crippen LogP contribution in [0, 0.1) is 17.0 Å². The van der Waals surface area contributed by atoms with E-state index in [4.69, 9.17) is 36.6 Å². The van der Waals surface area contributed by atoms with Crippen molar-refractivity contribution in [1.82, 2.24) is 9.97 Å². The molecule has 170 valence electrons. The first-order valence-corrected chi connectivity index (χ1v) is 11.3. The van der Waals surface area contributed by atoms with Gasteiger partial charge in [0.2, 0.25) is 0 Å². The van der Waals surface area contributed by atoms with Gasteiger partial charge in [0.15, 0.2) is 0 Å². The molecule has 0 saturated heterocycles. The van der Waals surface area contributed by atoms with E-state index in [9.17, 15) is 10.1 Å². The second kappa shape index (κ2) is 10.6. The van der Waals surface area contributed by atoms with Crippen molar-refractivity contribution in [3.05, 3.63) is 55.7 Å². The van der Waals surface area contributed by atoms with E-state index in [2.05, 4.69) is 5.32 Å². The molecule has 2 heterocycles. The summed E-state index contributed by atoms with van der Waals surface area (Å²) in [5.74, 6) is 1.98. The molecule has 1 saturated carbocycles. The number of aromatic nitrogens is 2. The predicted octanol–water partition coefficient (Wildman–Crippen LogP) is 6.44. The second-order valence-electron chi connectivity index (χ2n) is 7.48. The number of anilines is 1. The fraction of sp³-hybridized carbons (Fsp3) is 0.381. The summed E-state index contributed by atoms with van der Waals surface area (Å²) in [6.07, 6.45) is 4.11. The zero-order valence-corrected chi connectivity index (χ0v) is 18.9. The molecular formula is C21H23ClN4O5S. The Kier molecular flexibility index (Phi) is 7.81. The number of non-ortho nitro benzene ring substituents is 1. The fourth-order valence-electron chi connectivity index (χ4n) is 3.73. The topological polar surface area (TPSA) is 138 Å². The first-order valence-electron chi connectivity index (χ1n) is 10.1. The summed E-state index contributed by atoms with van der Waals surface area (Å²) in [5, 5.41) is 29.8. The predicted molar refractivity (Wildman–Crippen MR) is 124 cm³/mol. The van der Waals surface area contributed by atoms with Gasteiger partial charge in [-0.1, -0.05) is 43.0 Å². The molecular weight excluding hydrogens is 456 g/mol. The molecule has 3 N–H and O–H groups in total. The van der Waals surface area contributed by atoms with Crippen molar-refractivity contribution in [2.45, 2.75) is 51.5 Å². The standard InChI is InChI=1S/C20H21ClN4O2S.CH2O3/c1-12-17(21)16-19(22-11-13-6-5-9-15(10-13)25(26)27)23-18(24-20(16)28-12)14-7-3-2-4-8-14;2-1(3)4/h5-6,9-10,14H,2-4,7-8,11H2,1H3,(H,22,23,24);(H2,2,3,4). The smallest absolute Gasteiger partial charge is 0.450 e. The van der Waals surface area contributed by atoms with Gasteiger partial charge >= 0.3 is 6.16 Å². The van der Waals surface area contributed by atoms with Crippen molar-refractivity contribution < 1.29 is 19.9 Å². The van der Waals surface area contributed by atoms with Crippen LogP contribution in [0.1, 0.15) is 54.3 Å². The third kappa shape index (κ3) is 5.83. The number of nitro benzene ring substituents is 1. The van der Waals surface area contributed by atoms with Crippen molar-refractivity contribution in [2.24, 2.45) is 0 Å². The quantitative estimate of drug-likeness (QED) is 0.281. The Morgan fingerprint density at radius 3 is 2.62 bits per heavy atom. The Labute approximate surface area is 193 Å². The number of hydrogen-bond donors (Lipinski definition) is 3. The molecule has 1 aliphatic rings. The van der Waals surface area contributed by atoms with E-state index in [1.807, 2.05) is 13.0 Å². The summed E-state index contributed by atoms with van der Waals surface area (Å²) < 4.78 is 0. The lowest BCUT2D eigenvalue weighted by Crippen LogP contribution is -2.11. The van der Waals surface area contributed by atoms with E-state index in [0.717, 1.165) is 39.3 Å². The highest BCUT2D eigenvalue weighted by molar-refractivity contribution is 7.19. The molecule has 11 heteroatoms. The minimum atomic E-state index is -1.83. The highest BCUT2D eigenvalue weighted by Gasteiger charge is 2.22. The average molecular weight is 479 g/mol. The van der Waals surface area contributed by atoms with Crippen molar-refractivity contribution in [3.8, 4) is 0 Å². The molecule has 4 rings (SSSR count). The van der Waals surface area contributed by atoms with Gasteiger partial charge in [-0.15, -0.1) is 11.3 Å². The number of carboxylic acid groups (broad SMARTS) is 2. The van der Waals surface area contributed by atoms with E-state index >= 15 is 0 Å². The summed E-state index contributed by atoms with van der Waals surface area (Å²) in [6, 6.07) is 6.63. The van der Waals surface area contributed by atoms with Crippen molar-refractivity contribution in [1.29, 1.82) is 0 Å². The largest absolute Gasteiger partial charge is 0.503 e. The fourth-order valence-corrected chi connectivity index (χ4v) is 5.00. The van der Waals surface area contributed by atoms with Crippen LogP contribution in [-0.2, 0) is 6.54 Å². The van der Waals surface area contributed by atoms with Crippen LogP contribution in [0.2, 0.25) is 5.02 Å². The van der Waals surface area contributed by atoms with Crippen LogP contribution < -0.4 is 5.32 Å². The zero-order chi connectivity index (χ0) is 23.3. The number of hydrogen-bond acceptors (Lipinski definition) is 7. The molecule has 0 bridgehead atoms. The van der Waals surface area contributed by atoms with Gasteiger partial charge in [-0.2, -0.15) is 0 Å². The molecule has 32 heavy (non-hydrogen) atoms. The molecule has 2 aromatic heterocycles. The lowest BCUT2D eigenvalue weighted by molar-refractivity contribution is -0.384. The molecule has 0 spiro atoms. The van der Waals surface area contributed by atoms with Crippen LogP contribution in [-0.4, -0.2) is 31.3 Å². The van der Waals surface area contributed by atoms with E-state index in [0.29, 0.717) is 23.3 Å². The molecule has 9 nitrogen and oxygen atoms in total. The van der Waals surface area contributed by atoms with Crippen molar-refractivity contribution in [2.75, 3.05) is 5.32 Å². The zero-order valence-electron chi connectivity index (χ0n) is 17.4. The van der Waals surface area contributed by atoms with Crippen LogP contribution in [0.25, 0.3) is 10.2 Å². The van der Waals surface area contributed by atoms with Gasteiger partial charge in [-0.25, -0.2) is 14.8 Å². The van der Waals surface area contributed by atoms with Gasteiger partial charge < -0.3 is 15.5 Å². The first-order chi connectivity index (χ1) is 15.3. The number of nitro groups is 1. The molecule has 1 fully saturated rings. The monoisotopic (exact) mass is 478 g/mol. The number of fused-ring (bicyclic) bond motifs is 1. The number of nitrogens with zero attached hydrogens (tertiary/aromatic N) is 3. The van der Waals surface area contributed by atoms with Crippen LogP contribution >= 0.6 is 22.9 Å². The van der Waals surface area contributed by atoms with E-state index in [1.165, 1.54) is 25.3 Å². The number of aryl methyl sites for hydroxylation is 1. The molecule has 0 atom stereocenters. The summed E-state index contributed by atoms with van der Waals surface area (Å²) in [7, 11) is 0. The summed E-state index contributed by atoms with van der Waals surface area (Å²) in [4.78, 5) is 30.8. The first kappa shape index (κ1) is 23.7. The van der Waals surface area contributed by atoms with Gasteiger partial charge in [-0.05, 0) is 25.3 Å². The van der Waals surface area contributed by atoms with Crippen LogP contribution in [0.5, 0.6) is 0 Å². The SMILES string of the molecule is Cc1sc2nc(C3CCCCC3)nc(NCc3cccc([N+](=O)[O-])c3)c2c1Cl.O=C(O)O. The van der Waals surface area contributed by atoms with Gasteiger partial charge in [0.1, 0.15) is 16.5 Å². The van der Waals surface area contributed by atoms with Crippen LogP contribution in [0.15, 0.2) is 24.3 Å². The lowest BCUT2D eigenvalue weighted by atomic mass is 9.88. The number of benzene rings is 1. The number of thiophene rings is 1. The average Bonchev–Trinajstić information content (AvgIpc) is 3.06. The van der Waals surface area contributed by atoms with Gasteiger partial charge in [-0.3, -0.25) is 10.1 Å². The van der Waals surface area contributed by atoms with Crippen molar-refractivity contribution >= 4 is 50.8 Å². The number of nitrogens with one attached hydrogen (secondary N) is 1. The van der Waals surface area contributed by atoms with Gasteiger partial charge in [0.05, 0.1) is 15.3 Å². The highest BCUT2D eigenvalue weighted by Crippen LogP contribution is 2.40. The molecule has 0 unspecified atom stereocenters. The normalized spacial score (nSPS) is 13.9. The van der Waals surface area contributed by atoms with Crippen LogP contribution in [0.4, 0.5) is 16.3 Å².